The van der Waals surface area contributed by atoms with Crippen molar-refractivity contribution in [2.24, 2.45) is 0 Å². The highest BCUT2D eigenvalue weighted by Gasteiger charge is 2.55. The minimum absolute atomic E-state index is 0.164. The predicted molar refractivity (Wildman–Crippen MR) is 196 cm³/mol. The van der Waals surface area contributed by atoms with Crippen LogP contribution in [0.3, 0.4) is 0 Å². The average molecular weight is 648 g/mol. The van der Waals surface area contributed by atoms with Gasteiger partial charge in [-0.2, -0.15) is 0 Å². The van der Waals surface area contributed by atoms with E-state index in [-0.39, 0.29) is 16.2 Å². The van der Waals surface area contributed by atoms with Crippen molar-refractivity contribution in [1.82, 2.24) is 4.90 Å². The summed E-state index contributed by atoms with van der Waals surface area (Å²) in [5.41, 5.74) is 10.3. The lowest BCUT2D eigenvalue weighted by atomic mass is 9.83. The molecule has 0 amide bonds. The van der Waals surface area contributed by atoms with Crippen molar-refractivity contribution in [3.63, 3.8) is 0 Å². The quantitative estimate of drug-likeness (QED) is 0.193. The van der Waals surface area contributed by atoms with Crippen molar-refractivity contribution >= 4 is 14.0 Å². The molecule has 0 atom stereocenters. The van der Waals surface area contributed by atoms with Crippen LogP contribution in [0.15, 0.2) is 66.7 Å². The molecule has 0 unspecified atom stereocenters. The molecule has 0 aromatic heterocycles. The van der Waals surface area contributed by atoms with Crippen molar-refractivity contribution in [1.29, 1.82) is 0 Å². The number of rotatable bonds is 1. The van der Waals surface area contributed by atoms with Crippen molar-refractivity contribution in [3.05, 3.63) is 117 Å². The van der Waals surface area contributed by atoms with E-state index in [1.165, 1.54) is 50.1 Å². The first-order chi connectivity index (χ1) is 21.8. The zero-order valence-corrected chi connectivity index (χ0v) is 31.6. The summed E-state index contributed by atoms with van der Waals surface area (Å²) in [6.07, 6.45) is 0. The first-order valence-corrected chi connectivity index (χ1v) is 18.8. The van der Waals surface area contributed by atoms with Crippen LogP contribution >= 0.6 is 0 Å². The molecular formula is C42H53NO3Si. The maximum absolute atomic E-state index is 7.66. The molecule has 0 saturated carbocycles. The third-order valence-electron chi connectivity index (χ3n) is 9.37. The molecule has 0 spiro atoms. The molecule has 248 valence electrons. The van der Waals surface area contributed by atoms with Gasteiger partial charge in [-0.15, -0.1) is 0 Å². The van der Waals surface area contributed by atoms with Crippen LogP contribution < -0.4 is 18.5 Å². The van der Waals surface area contributed by atoms with Gasteiger partial charge in [0.05, 0.1) is 5.19 Å². The molecule has 0 radical (unpaired) electrons. The van der Waals surface area contributed by atoms with Gasteiger partial charge in [0.25, 0.3) is 0 Å². The van der Waals surface area contributed by atoms with Crippen LogP contribution in [0, 0.1) is 20.8 Å². The van der Waals surface area contributed by atoms with Crippen LogP contribution in [0.25, 0.3) is 0 Å². The van der Waals surface area contributed by atoms with E-state index in [1.54, 1.807) is 0 Å². The standard InChI is InChI=1S/C42H53NO3Si/c1-27-18-30-24-43-25-31-19-28(2)22-35(41(7,8)9)38(31)45-47(33-16-14-13-15-17-33,44-37(30)34(21-27)40(4,5)6)46-39-32(26-43)20-29(3)23-36(39)42(10,11)12/h13-23H,24-26H2,1-12H3. The number of hydrogen-bond donors (Lipinski definition) is 0. The normalized spacial score (nSPS) is 19.6. The summed E-state index contributed by atoms with van der Waals surface area (Å²) in [5, 5.41) is 0.946. The molecule has 5 heteroatoms. The largest absolute Gasteiger partial charge is 0.737 e. The van der Waals surface area contributed by atoms with E-state index in [0.717, 1.165) is 42.1 Å². The highest BCUT2D eigenvalue weighted by Crippen LogP contribution is 2.46. The summed E-state index contributed by atoms with van der Waals surface area (Å²) in [5.74, 6) is 2.68. The molecule has 0 saturated heterocycles. The molecule has 3 heterocycles. The Balaban J connectivity index is 1.78. The minimum atomic E-state index is -3.85. The van der Waals surface area contributed by atoms with Crippen molar-refractivity contribution < 1.29 is 13.3 Å². The summed E-state index contributed by atoms with van der Waals surface area (Å²) < 4.78 is 23.0. The molecule has 0 aliphatic carbocycles. The number of nitrogens with zero attached hydrogens (tertiary/aromatic N) is 1. The molecule has 3 aliphatic heterocycles. The SMILES string of the molecule is Cc1cc2c(c(C(C)(C)C)c1)O[Si]1(c3ccccc3)Oc3c(cc(C)cc3C(C)(C)C)CN(C2)Cc2cc(C)cc(C(C)(C)C)c2O1. The smallest absolute Gasteiger partial charge is 0.479 e. The molecule has 4 nitrogen and oxygen atoms in total. The van der Waals surface area contributed by atoms with E-state index in [1.807, 2.05) is 0 Å². The molecular weight excluding hydrogens is 595 g/mol. The lowest BCUT2D eigenvalue weighted by Crippen LogP contribution is -2.65. The first-order valence-electron chi connectivity index (χ1n) is 17.1. The molecule has 4 aromatic rings. The van der Waals surface area contributed by atoms with E-state index in [4.69, 9.17) is 13.3 Å². The van der Waals surface area contributed by atoms with Gasteiger partial charge in [-0.1, -0.05) is 146 Å². The number of benzene rings is 4. The predicted octanol–water partition coefficient (Wildman–Crippen LogP) is 9.72. The van der Waals surface area contributed by atoms with E-state index >= 15 is 0 Å². The van der Waals surface area contributed by atoms with Crippen LogP contribution in [-0.2, 0) is 35.9 Å². The molecule has 7 rings (SSSR count). The Bertz CT molecular complexity index is 1640. The number of hydrogen-bond acceptors (Lipinski definition) is 4. The Hall–Kier alpha value is -3.54. The van der Waals surface area contributed by atoms with Gasteiger partial charge in [-0.05, 0) is 53.7 Å². The zero-order chi connectivity index (χ0) is 34.1. The van der Waals surface area contributed by atoms with E-state index in [2.05, 4.69) is 155 Å². The van der Waals surface area contributed by atoms with Crippen LogP contribution in [-0.4, -0.2) is 13.7 Å². The molecule has 0 N–H and O–H groups in total. The second kappa shape index (κ2) is 11.6. The van der Waals surface area contributed by atoms with Gasteiger partial charge in [0.15, 0.2) is 0 Å². The van der Waals surface area contributed by atoms with Crippen LogP contribution in [0.1, 0.15) is 112 Å². The van der Waals surface area contributed by atoms with E-state index < -0.39 is 8.80 Å². The third kappa shape index (κ3) is 6.49. The van der Waals surface area contributed by atoms with Gasteiger partial charge in [0.1, 0.15) is 17.2 Å². The first kappa shape index (κ1) is 33.4. The Morgan fingerprint density at radius 2 is 0.809 bits per heavy atom. The Kier molecular flexibility index (Phi) is 8.20. The summed E-state index contributed by atoms with van der Waals surface area (Å²) in [6, 6.07) is 24.3. The second-order valence-electron chi connectivity index (χ2n) is 17.0. The van der Waals surface area contributed by atoms with Crippen LogP contribution in [0.2, 0.25) is 0 Å². The van der Waals surface area contributed by atoms with Gasteiger partial charge in [-0.25, -0.2) is 0 Å². The average Bonchev–Trinajstić information content (AvgIpc) is 2.95. The maximum atomic E-state index is 7.66. The highest BCUT2D eigenvalue weighted by atomic mass is 28.4. The lowest BCUT2D eigenvalue weighted by Gasteiger charge is -2.41. The van der Waals surface area contributed by atoms with Gasteiger partial charge >= 0.3 is 8.80 Å². The second-order valence-corrected chi connectivity index (χ2v) is 19.3. The monoisotopic (exact) mass is 647 g/mol. The fraction of sp³-hybridized carbons (Fsp3) is 0.429. The third-order valence-corrected chi connectivity index (χ3v) is 11.8. The van der Waals surface area contributed by atoms with E-state index in [9.17, 15) is 0 Å². The summed E-state index contributed by atoms with van der Waals surface area (Å²) in [6.45, 7) is 29.3. The highest BCUT2D eigenvalue weighted by molar-refractivity contribution is 6.77. The fourth-order valence-corrected chi connectivity index (χ4v) is 9.71. The molecule has 47 heavy (non-hydrogen) atoms. The van der Waals surface area contributed by atoms with Crippen LogP contribution in [0.5, 0.6) is 17.2 Å². The molecule has 3 aliphatic rings. The summed E-state index contributed by atoms with van der Waals surface area (Å²) in [7, 11) is -3.85. The topological polar surface area (TPSA) is 30.9 Å². The molecule has 0 fully saturated rings. The van der Waals surface area contributed by atoms with Crippen molar-refractivity contribution in [2.45, 2.75) is 119 Å². The van der Waals surface area contributed by atoms with Gasteiger partial charge in [0, 0.05) is 36.3 Å². The number of aryl methyl sites for hydroxylation is 3. The lowest BCUT2D eigenvalue weighted by molar-refractivity contribution is 0.209. The van der Waals surface area contributed by atoms with Gasteiger partial charge in [0.2, 0.25) is 0 Å². The molecule has 4 aromatic carbocycles. The Morgan fingerprint density at radius 1 is 0.489 bits per heavy atom. The van der Waals surface area contributed by atoms with Crippen LogP contribution in [0.4, 0.5) is 0 Å². The van der Waals surface area contributed by atoms with Crippen molar-refractivity contribution in [2.75, 3.05) is 0 Å². The fourth-order valence-electron chi connectivity index (χ4n) is 7.10. The van der Waals surface area contributed by atoms with Crippen molar-refractivity contribution in [3.8, 4) is 17.2 Å². The van der Waals surface area contributed by atoms with Gasteiger partial charge in [-0.3, -0.25) is 4.90 Å². The van der Waals surface area contributed by atoms with E-state index in [0.29, 0.717) is 0 Å². The zero-order valence-electron chi connectivity index (χ0n) is 30.6. The minimum Gasteiger partial charge on any atom is -0.479 e. The maximum Gasteiger partial charge on any atom is 0.737 e. The summed E-state index contributed by atoms with van der Waals surface area (Å²) >= 11 is 0. The molecule has 2 bridgehead atoms. The Morgan fingerprint density at radius 3 is 1.11 bits per heavy atom. The Labute approximate surface area is 284 Å². The summed E-state index contributed by atoms with van der Waals surface area (Å²) in [4.78, 5) is 2.55. The van der Waals surface area contributed by atoms with Gasteiger partial charge < -0.3 is 13.3 Å².